The van der Waals surface area contributed by atoms with Crippen LogP contribution in [0.15, 0.2) is 27.7 Å². The molecule has 1 aromatic heterocycles. The number of aliphatic hydroxyl groups is 2. The summed E-state index contributed by atoms with van der Waals surface area (Å²) in [6, 6.07) is 3.62. The van der Waals surface area contributed by atoms with Crippen LogP contribution in [0.1, 0.15) is 31.7 Å². The summed E-state index contributed by atoms with van der Waals surface area (Å²) in [5, 5.41) is 24.2. The van der Waals surface area contributed by atoms with Crippen LogP contribution in [0.2, 0.25) is 0 Å². The van der Waals surface area contributed by atoms with E-state index in [9.17, 15) is 15.0 Å². The molecule has 1 saturated heterocycles. The number of hydrogen-bond donors (Lipinski definition) is 3. The normalized spacial score (nSPS) is 21.4. The molecule has 0 aliphatic carbocycles. The number of nitrogens with one attached hydrogen (secondary N) is 1. The SMILES string of the molecule is CCc1cc(Br)cc2c(=O)n(C[C@@H](O)C[C@H]3NCCC[C@@H]3O)cnc12.Cl. The number of piperidine rings is 1. The maximum Gasteiger partial charge on any atom is 0.261 e. The van der Waals surface area contributed by atoms with Crippen LogP contribution in [-0.2, 0) is 13.0 Å². The Labute approximate surface area is 167 Å². The topological polar surface area (TPSA) is 87.4 Å². The van der Waals surface area contributed by atoms with E-state index >= 15 is 0 Å². The molecule has 3 N–H and O–H groups in total. The van der Waals surface area contributed by atoms with Gasteiger partial charge in [0.1, 0.15) is 0 Å². The second kappa shape index (κ2) is 9.28. The quantitative estimate of drug-likeness (QED) is 0.654. The molecule has 0 radical (unpaired) electrons. The third-order valence-corrected chi connectivity index (χ3v) is 5.29. The van der Waals surface area contributed by atoms with Gasteiger partial charge in [0.25, 0.3) is 5.56 Å². The molecule has 1 aliphatic rings. The second-order valence-electron chi connectivity index (χ2n) is 6.68. The van der Waals surface area contributed by atoms with Crippen molar-refractivity contribution in [2.45, 2.75) is 57.4 Å². The second-order valence-corrected chi connectivity index (χ2v) is 7.59. The van der Waals surface area contributed by atoms with E-state index in [-0.39, 0.29) is 30.6 Å². The molecule has 8 heteroatoms. The van der Waals surface area contributed by atoms with Crippen molar-refractivity contribution in [3.8, 4) is 0 Å². The van der Waals surface area contributed by atoms with E-state index in [1.165, 1.54) is 10.9 Å². The molecule has 1 fully saturated rings. The number of rotatable bonds is 5. The summed E-state index contributed by atoms with van der Waals surface area (Å²) in [6.45, 7) is 3.04. The number of aromatic nitrogens is 2. The Kier molecular flexibility index (Phi) is 7.61. The zero-order valence-corrected chi connectivity index (χ0v) is 17.1. The lowest BCUT2D eigenvalue weighted by Crippen LogP contribution is -2.47. The highest BCUT2D eigenvalue weighted by Gasteiger charge is 2.25. The van der Waals surface area contributed by atoms with Gasteiger partial charge in [-0.1, -0.05) is 22.9 Å². The van der Waals surface area contributed by atoms with Crippen molar-refractivity contribution in [2.24, 2.45) is 0 Å². The number of aryl methyl sites for hydroxylation is 1. The molecule has 1 aliphatic heterocycles. The number of hydrogen-bond acceptors (Lipinski definition) is 5. The highest BCUT2D eigenvalue weighted by atomic mass is 79.9. The van der Waals surface area contributed by atoms with E-state index in [0.29, 0.717) is 17.3 Å². The summed E-state index contributed by atoms with van der Waals surface area (Å²) >= 11 is 3.44. The van der Waals surface area contributed by atoms with E-state index in [2.05, 4.69) is 26.2 Å². The summed E-state index contributed by atoms with van der Waals surface area (Å²) in [5.41, 5.74) is 1.58. The molecule has 0 saturated carbocycles. The third kappa shape index (κ3) is 4.64. The van der Waals surface area contributed by atoms with E-state index in [1.807, 2.05) is 13.0 Å². The van der Waals surface area contributed by atoms with Gasteiger partial charge in [0.15, 0.2) is 0 Å². The van der Waals surface area contributed by atoms with Crippen molar-refractivity contribution in [3.63, 3.8) is 0 Å². The fourth-order valence-electron chi connectivity index (χ4n) is 3.48. The largest absolute Gasteiger partial charge is 0.392 e. The minimum atomic E-state index is -0.722. The van der Waals surface area contributed by atoms with Gasteiger partial charge >= 0.3 is 0 Å². The van der Waals surface area contributed by atoms with Gasteiger partial charge in [-0.15, -0.1) is 12.4 Å². The summed E-state index contributed by atoms with van der Waals surface area (Å²) in [4.78, 5) is 17.2. The zero-order chi connectivity index (χ0) is 18.0. The van der Waals surface area contributed by atoms with Gasteiger partial charge in [-0.05, 0) is 49.9 Å². The molecular formula is C18H25BrClN3O3. The Morgan fingerprint density at radius 1 is 1.46 bits per heavy atom. The number of aliphatic hydroxyl groups excluding tert-OH is 2. The van der Waals surface area contributed by atoms with Crippen LogP contribution in [0.25, 0.3) is 10.9 Å². The lowest BCUT2D eigenvalue weighted by molar-refractivity contribution is 0.0539. The van der Waals surface area contributed by atoms with Crippen molar-refractivity contribution in [3.05, 3.63) is 38.9 Å². The molecule has 144 valence electrons. The average molecular weight is 447 g/mol. The van der Waals surface area contributed by atoms with Crippen LogP contribution in [-0.4, -0.2) is 44.6 Å². The number of fused-ring (bicyclic) bond motifs is 1. The highest BCUT2D eigenvalue weighted by Crippen LogP contribution is 2.21. The van der Waals surface area contributed by atoms with E-state index < -0.39 is 12.2 Å². The van der Waals surface area contributed by atoms with Crippen LogP contribution in [0.3, 0.4) is 0 Å². The van der Waals surface area contributed by atoms with Gasteiger partial charge < -0.3 is 15.5 Å². The lowest BCUT2D eigenvalue weighted by Gasteiger charge is -2.30. The van der Waals surface area contributed by atoms with Crippen LogP contribution >= 0.6 is 28.3 Å². The zero-order valence-electron chi connectivity index (χ0n) is 14.7. The van der Waals surface area contributed by atoms with Gasteiger partial charge in [0, 0.05) is 10.5 Å². The number of halogens is 2. The van der Waals surface area contributed by atoms with Crippen molar-refractivity contribution in [1.29, 1.82) is 0 Å². The predicted octanol–water partition coefficient (Wildman–Crippen LogP) is 2.01. The smallest absolute Gasteiger partial charge is 0.261 e. The van der Waals surface area contributed by atoms with Crippen LogP contribution < -0.4 is 10.9 Å². The summed E-state index contributed by atoms with van der Waals surface area (Å²) in [6.07, 6.45) is 3.22. The molecule has 0 bridgehead atoms. The van der Waals surface area contributed by atoms with Gasteiger partial charge in [-0.2, -0.15) is 0 Å². The molecule has 0 unspecified atom stereocenters. The fourth-order valence-corrected chi connectivity index (χ4v) is 3.98. The Morgan fingerprint density at radius 3 is 2.92 bits per heavy atom. The molecule has 3 rings (SSSR count). The number of benzene rings is 1. The van der Waals surface area contributed by atoms with Gasteiger partial charge in [-0.3, -0.25) is 9.36 Å². The Hall–Kier alpha value is -0.990. The van der Waals surface area contributed by atoms with Crippen LogP contribution in [0, 0.1) is 0 Å². The van der Waals surface area contributed by atoms with Gasteiger partial charge in [0.05, 0.1) is 36.0 Å². The maximum atomic E-state index is 12.8. The first-order valence-electron chi connectivity index (χ1n) is 8.76. The van der Waals surface area contributed by atoms with Crippen LogP contribution in [0.4, 0.5) is 0 Å². The minimum Gasteiger partial charge on any atom is -0.392 e. The van der Waals surface area contributed by atoms with E-state index in [0.717, 1.165) is 35.8 Å². The molecule has 3 atom stereocenters. The first-order valence-corrected chi connectivity index (χ1v) is 9.56. The van der Waals surface area contributed by atoms with E-state index in [1.54, 1.807) is 6.07 Å². The van der Waals surface area contributed by atoms with E-state index in [4.69, 9.17) is 0 Å². The average Bonchev–Trinajstić information content (AvgIpc) is 2.59. The monoisotopic (exact) mass is 445 g/mol. The lowest BCUT2D eigenvalue weighted by atomic mass is 9.96. The van der Waals surface area contributed by atoms with Crippen molar-refractivity contribution < 1.29 is 10.2 Å². The minimum absolute atomic E-state index is 0. The third-order valence-electron chi connectivity index (χ3n) is 4.83. The number of nitrogens with zero attached hydrogens (tertiary/aromatic N) is 2. The molecule has 6 nitrogen and oxygen atoms in total. The van der Waals surface area contributed by atoms with Gasteiger partial charge in [-0.25, -0.2) is 4.98 Å². The molecule has 26 heavy (non-hydrogen) atoms. The highest BCUT2D eigenvalue weighted by molar-refractivity contribution is 9.10. The molecule has 0 spiro atoms. The molecule has 2 heterocycles. The molecule has 0 amide bonds. The standard InChI is InChI=1S/C18H24BrN3O3.ClH/c1-2-11-6-12(19)7-14-17(11)21-10-22(18(14)25)9-13(23)8-15-16(24)4-3-5-20-15;/h6-7,10,13,15-16,20,23-24H,2-5,8-9H2,1H3;1H/t13-,15+,16-;/m0./s1. The van der Waals surface area contributed by atoms with Crippen molar-refractivity contribution in [2.75, 3.05) is 6.54 Å². The van der Waals surface area contributed by atoms with Crippen LogP contribution in [0.5, 0.6) is 0 Å². The predicted molar refractivity (Wildman–Crippen MR) is 108 cm³/mol. The first kappa shape index (κ1) is 21.3. The maximum absolute atomic E-state index is 12.8. The molecule has 2 aromatic rings. The fraction of sp³-hybridized carbons (Fsp3) is 0.556. The van der Waals surface area contributed by atoms with Crippen molar-refractivity contribution >= 4 is 39.2 Å². The Bertz CT molecular complexity index is 814. The van der Waals surface area contributed by atoms with Gasteiger partial charge in [0.2, 0.25) is 0 Å². The molecular weight excluding hydrogens is 422 g/mol. The Balaban J connectivity index is 0.00000243. The molecule has 1 aromatic carbocycles. The Morgan fingerprint density at radius 2 is 2.23 bits per heavy atom. The summed E-state index contributed by atoms with van der Waals surface area (Å²) in [7, 11) is 0. The van der Waals surface area contributed by atoms with Crippen molar-refractivity contribution in [1.82, 2.24) is 14.9 Å². The first-order chi connectivity index (χ1) is 12.0. The summed E-state index contributed by atoms with van der Waals surface area (Å²) in [5.74, 6) is 0. The summed E-state index contributed by atoms with van der Waals surface area (Å²) < 4.78 is 2.30.